The van der Waals surface area contributed by atoms with Gasteiger partial charge in [0.25, 0.3) is 0 Å². The molecule has 0 saturated carbocycles. The normalized spacial score (nSPS) is 32.8. The average Bonchev–Trinajstić information content (AvgIpc) is 2.92. The molecule has 3 heteroatoms. The van der Waals surface area contributed by atoms with Crippen molar-refractivity contribution in [3.05, 3.63) is 24.2 Å². The van der Waals surface area contributed by atoms with Crippen LogP contribution in [0, 0.1) is 5.92 Å². The quantitative estimate of drug-likeness (QED) is 0.839. The van der Waals surface area contributed by atoms with E-state index < -0.39 is 0 Å². The number of nitrogens with one attached hydrogen (secondary N) is 1. The highest BCUT2D eigenvalue weighted by Crippen LogP contribution is 2.33. The molecule has 2 aliphatic rings. The van der Waals surface area contributed by atoms with Crippen molar-refractivity contribution < 1.29 is 4.42 Å². The Labute approximate surface area is 96.8 Å². The van der Waals surface area contributed by atoms with Crippen molar-refractivity contribution in [2.24, 2.45) is 5.92 Å². The zero-order valence-corrected chi connectivity index (χ0v) is 9.86. The second-order valence-corrected chi connectivity index (χ2v) is 5.37. The molecular weight excluding hydrogens is 200 g/mol. The number of hydrogen-bond donors (Lipinski definition) is 1. The first kappa shape index (κ1) is 10.4. The van der Waals surface area contributed by atoms with Gasteiger partial charge in [-0.1, -0.05) is 0 Å². The highest BCUT2D eigenvalue weighted by molar-refractivity contribution is 5.05. The van der Waals surface area contributed by atoms with Gasteiger partial charge in [0.1, 0.15) is 0 Å². The number of rotatable bonds is 4. The fourth-order valence-corrected chi connectivity index (χ4v) is 3.30. The summed E-state index contributed by atoms with van der Waals surface area (Å²) >= 11 is 0. The van der Waals surface area contributed by atoms with Crippen LogP contribution in [0.25, 0.3) is 0 Å². The first-order valence-corrected chi connectivity index (χ1v) is 6.27. The van der Waals surface area contributed by atoms with E-state index in [4.69, 9.17) is 4.42 Å². The van der Waals surface area contributed by atoms with Gasteiger partial charge in [-0.3, -0.25) is 0 Å². The summed E-state index contributed by atoms with van der Waals surface area (Å²) in [5.74, 6) is 0.857. The summed E-state index contributed by atoms with van der Waals surface area (Å²) in [6.07, 6.45) is 7.75. The van der Waals surface area contributed by atoms with Gasteiger partial charge in [0, 0.05) is 30.7 Å². The molecule has 2 aliphatic heterocycles. The molecule has 1 N–H and O–H groups in total. The van der Waals surface area contributed by atoms with Crippen molar-refractivity contribution >= 4 is 0 Å². The summed E-state index contributed by atoms with van der Waals surface area (Å²) in [5, 5.41) is 3.70. The number of nitrogens with zero attached hydrogens (tertiary/aromatic N) is 1. The van der Waals surface area contributed by atoms with Crippen LogP contribution < -0.4 is 5.32 Å². The van der Waals surface area contributed by atoms with E-state index in [1.165, 1.54) is 31.4 Å². The molecule has 0 amide bonds. The highest BCUT2D eigenvalue weighted by Gasteiger charge is 2.38. The predicted octanol–water partition coefficient (Wildman–Crippen LogP) is 1.85. The van der Waals surface area contributed by atoms with Gasteiger partial charge in [-0.05, 0) is 38.3 Å². The Morgan fingerprint density at radius 1 is 1.50 bits per heavy atom. The molecule has 1 aromatic rings. The van der Waals surface area contributed by atoms with E-state index in [9.17, 15) is 0 Å². The molecule has 1 aromatic heterocycles. The fourth-order valence-electron chi connectivity index (χ4n) is 3.30. The molecule has 3 atom stereocenters. The molecule has 3 rings (SSSR count). The first-order valence-electron chi connectivity index (χ1n) is 6.27. The molecule has 2 bridgehead atoms. The summed E-state index contributed by atoms with van der Waals surface area (Å²) in [6, 6.07) is 3.66. The van der Waals surface area contributed by atoms with Crippen molar-refractivity contribution in [2.45, 2.75) is 37.9 Å². The Bertz CT molecular complexity index is 336. The van der Waals surface area contributed by atoms with Gasteiger partial charge in [-0.2, -0.15) is 0 Å². The van der Waals surface area contributed by atoms with Gasteiger partial charge in [-0.25, -0.2) is 0 Å². The lowest BCUT2D eigenvalue weighted by Crippen LogP contribution is -2.32. The van der Waals surface area contributed by atoms with Gasteiger partial charge < -0.3 is 14.6 Å². The summed E-state index contributed by atoms with van der Waals surface area (Å²) in [7, 11) is 2.21. The summed E-state index contributed by atoms with van der Waals surface area (Å²) < 4.78 is 5.10. The van der Waals surface area contributed by atoms with Crippen molar-refractivity contribution in [3.8, 4) is 0 Å². The minimum atomic E-state index is 0.789. The lowest BCUT2D eigenvalue weighted by Gasteiger charge is -2.25. The molecule has 88 valence electrons. The molecule has 3 nitrogen and oxygen atoms in total. The number of fused-ring (bicyclic) bond motifs is 2. The smallest absolute Gasteiger partial charge is 0.0947 e. The van der Waals surface area contributed by atoms with Gasteiger partial charge in [-0.15, -0.1) is 0 Å². The van der Waals surface area contributed by atoms with Crippen LogP contribution in [0.3, 0.4) is 0 Å². The SMILES string of the molecule is CN(Cc1ccoc1)CC1CC2CCC1N2. The zero-order chi connectivity index (χ0) is 11.0. The maximum atomic E-state index is 5.10. The van der Waals surface area contributed by atoms with Crippen LogP contribution in [0.15, 0.2) is 23.0 Å². The standard InChI is InChI=1S/C13H20N2O/c1-15(7-10-4-5-16-9-10)8-11-6-12-2-3-13(11)14-12/h4-5,9,11-14H,2-3,6-8H2,1H3. The predicted molar refractivity (Wildman–Crippen MR) is 63.1 cm³/mol. The average molecular weight is 220 g/mol. The van der Waals surface area contributed by atoms with Gasteiger partial charge in [0.15, 0.2) is 0 Å². The van der Waals surface area contributed by atoms with Crippen LogP contribution in [0.4, 0.5) is 0 Å². The van der Waals surface area contributed by atoms with Crippen molar-refractivity contribution in [1.29, 1.82) is 0 Å². The molecule has 0 radical (unpaired) electrons. The Hall–Kier alpha value is -0.800. The van der Waals surface area contributed by atoms with E-state index >= 15 is 0 Å². The summed E-state index contributed by atoms with van der Waals surface area (Å²) in [4.78, 5) is 2.41. The minimum absolute atomic E-state index is 0.789. The Kier molecular flexibility index (Phi) is 2.74. The maximum Gasteiger partial charge on any atom is 0.0947 e. The largest absolute Gasteiger partial charge is 0.472 e. The van der Waals surface area contributed by atoms with E-state index in [0.717, 1.165) is 24.5 Å². The van der Waals surface area contributed by atoms with Crippen LogP contribution in [-0.2, 0) is 6.54 Å². The second kappa shape index (κ2) is 4.22. The third-order valence-corrected chi connectivity index (χ3v) is 4.01. The Morgan fingerprint density at radius 3 is 3.06 bits per heavy atom. The van der Waals surface area contributed by atoms with E-state index in [2.05, 4.69) is 23.3 Å². The second-order valence-electron chi connectivity index (χ2n) is 5.37. The lowest BCUT2D eigenvalue weighted by molar-refractivity contribution is 0.242. The molecule has 3 unspecified atom stereocenters. The van der Waals surface area contributed by atoms with Crippen molar-refractivity contribution in [2.75, 3.05) is 13.6 Å². The molecule has 0 aromatic carbocycles. The summed E-state index contributed by atoms with van der Waals surface area (Å²) in [5.41, 5.74) is 1.28. The van der Waals surface area contributed by atoms with Crippen LogP contribution >= 0.6 is 0 Å². The molecule has 2 fully saturated rings. The van der Waals surface area contributed by atoms with Gasteiger partial charge >= 0.3 is 0 Å². The zero-order valence-electron chi connectivity index (χ0n) is 9.86. The highest BCUT2D eigenvalue weighted by atomic mass is 16.3. The van der Waals surface area contributed by atoms with Gasteiger partial charge in [0.2, 0.25) is 0 Å². The number of hydrogen-bond acceptors (Lipinski definition) is 3. The van der Waals surface area contributed by atoms with E-state index in [-0.39, 0.29) is 0 Å². The topological polar surface area (TPSA) is 28.4 Å². The van der Waals surface area contributed by atoms with Crippen LogP contribution in [0.2, 0.25) is 0 Å². The molecule has 16 heavy (non-hydrogen) atoms. The number of furan rings is 1. The van der Waals surface area contributed by atoms with Crippen molar-refractivity contribution in [1.82, 2.24) is 10.2 Å². The fraction of sp³-hybridized carbons (Fsp3) is 0.692. The molecule has 0 spiro atoms. The first-order chi connectivity index (χ1) is 7.81. The molecule has 3 heterocycles. The monoisotopic (exact) mass is 220 g/mol. The van der Waals surface area contributed by atoms with Crippen LogP contribution in [0.5, 0.6) is 0 Å². The van der Waals surface area contributed by atoms with E-state index in [1.54, 1.807) is 6.26 Å². The van der Waals surface area contributed by atoms with Crippen LogP contribution in [-0.4, -0.2) is 30.6 Å². The van der Waals surface area contributed by atoms with Gasteiger partial charge in [0.05, 0.1) is 12.5 Å². The lowest BCUT2D eigenvalue weighted by atomic mass is 9.89. The Morgan fingerprint density at radius 2 is 2.44 bits per heavy atom. The molecular formula is C13H20N2O. The van der Waals surface area contributed by atoms with E-state index in [1.807, 2.05) is 6.26 Å². The third-order valence-electron chi connectivity index (χ3n) is 4.01. The maximum absolute atomic E-state index is 5.10. The molecule has 0 aliphatic carbocycles. The Balaban J connectivity index is 1.51. The van der Waals surface area contributed by atoms with Crippen LogP contribution in [0.1, 0.15) is 24.8 Å². The van der Waals surface area contributed by atoms with E-state index in [0.29, 0.717) is 0 Å². The molecule has 2 saturated heterocycles. The minimum Gasteiger partial charge on any atom is -0.472 e. The van der Waals surface area contributed by atoms with Crippen molar-refractivity contribution in [3.63, 3.8) is 0 Å². The summed E-state index contributed by atoms with van der Waals surface area (Å²) in [6.45, 7) is 2.21. The third kappa shape index (κ3) is 2.02.